The van der Waals surface area contributed by atoms with Gasteiger partial charge in [0.15, 0.2) is 6.54 Å². The van der Waals surface area contributed by atoms with Crippen LogP contribution in [-0.2, 0) is 4.79 Å². The molecule has 0 unspecified atom stereocenters. The van der Waals surface area contributed by atoms with Gasteiger partial charge in [0.05, 0.1) is 10.6 Å². The minimum Gasteiger partial charge on any atom is -0.332 e. The summed E-state index contributed by atoms with van der Waals surface area (Å²) in [7, 11) is 0. The van der Waals surface area contributed by atoms with Gasteiger partial charge in [0, 0.05) is 17.2 Å². The molecule has 0 spiro atoms. The number of rotatable bonds is 6. The molecule has 0 aliphatic carbocycles. The third kappa shape index (κ3) is 5.28. The Kier molecular flexibility index (Phi) is 6.51. The number of nitrogens with two attached hydrogens (primary N) is 1. The average Bonchev–Trinajstić information content (AvgIpc) is 2.56. The lowest BCUT2D eigenvalue weighted by Crippen LogP contribution is -2.88. The number of anilines is 1. The van der Waals surface area contributed by atoms with Gasteiger partial charge in [-0.3, -0.25) is 4.79 Å². The maximum Gasteiger partial charge on any atom is 0.279 e. The Hall–Kier alpha value is -2.42. The first-order valence-corrected chi connectivity index (χ1v) is 8.36. The zero-order valence-corrected chi connectivity index (χ0v) is 14.8. The van der Waals surface area contributed by atoms with E-state index in [0.717, 1.165) is 5.56 Å². The molecule has 6 heteroatoms. The topological polar surface area (TPSA) is 69.5 Å². The van der Waals surface area contributed by atoms with Crippen molar-refractivity contribution < 1.29 is 14.5 Å². The van der Waals surface area contributed by atoms with Crippen LogP contribution in [0.5, 0.6) is 0 Å². The summed E-state index contributed by atoms with van der Waals surface area (Å²) in [5.74, 6) is -0.169. The number of nitrogens with zero attached hydrogens (tertiary/aromatic N) is 1. The molecule has 25 heavy (non-hydrogen) atoms. The zero-order valence-electron chi connectivity index (χ0n) is 14.1. The summed E-state index contributed by atoms with van der Waals surface area (Å²) in [6.45, 7) is 4.34. The number of amides is 1. The fourth-order valence-electron chi connectivity index (χ4n) is 2.61. The van der Waals surface area contributed by atoms with Crippen LogP contribution in [0, 0.1) is 23.1 Å². The van der Waals surface area contributed by atoms with Crippen molar-refractivity contribution in [1.29, 1.82) is 5.26 Å². The van der Waals surface area contributed by atoms with Gasteiger partial charge in [-0.05, 0) is 30.3 Å². The highest BCUT2D eigenvalue weighted by atomic mass is 35.5. The highest BCUT2D eigenvalue weighted by Crippen LogP contribution is 2.20. The van der Waals surface area contributed by atoms with E-state index in [9.17, 15) is 9.18 Å². The van der Waals surface area contributed by atoms with Gasteiger partial charge in [0.25, 0.3) is 5.91 Å². The third-order valence-corrected chi connectivity index (χ3v) is 4.22. The number of hydrogen-bond acceptors (Lipinski definition) is 2. The summed E-state index contributed by atoms with van der Waals surface area (Å²) in [6.07, 6.45) is 0. The van der Waals surface area contributed by atoms with Crippen molar-refractivity contribution in [3.63, 3.8) is 0 Å². The SMILES string of the molecule is CC(C)[C@@H]([NH2+]CC(=O)Nc1ccc(C#N)c(Cl)c1)c1ccc(F)cc1. The van der Waals surface area contributed by atoms with Crippen molar-refractivity contribution >= 4 is 23.2 Å². The lowest BCUT2D eigenvalue weighted by Gasteiger charge is -2.19. The molecule has 0 aromatic heterocycles. The number of quaternary nitrogens is 1. The highest BCUT2D eigenvalue weighted by molar-refractivity contribution is 6.32. The molecule has 2 rings (SSSR count). The van der Waals surface area contributed by atoms with Crippen LogP contribution in [0.1, 0.15) is 31.0 Å². The molecule has 1 amide bonds. The Morgan fingerprint density at radius 1 is 1.28 bits per heavy atom. The fraction of sp³-hybridized carbons (Fsp3) is 0.263. The van der Waals surface area contributed by atoms with Gasteiger partial charge in [-0.15, -0.1) is 0 Å². The molecule has 2 aromatic rings. The van der Waals surface area contributed by atoms with Crippen LogP contribution in [0.2, 0.25) is 5.02 Å². The zero-order chi connectivity index (χ0) is 18.4. The summed E-state index contributed by atoms with van der Waals surface area (Å²) in [5.41, 5.74) is 1.89. The minimum atomic E-state index is -0.276. The number of benzene rings is 2. The molecule has 3 N–H and O–H groups in total. The molecule has 0 radical (unpaired) electrons. The Labute approximate surface area is 151 Å². The highest BCUT2D eigenvalue weighted by Gasteiger charge is 2.20. The Morgan fingerprint density at radius 2 is 1.96 bits per heavy atom. The number of nitrogens with one attached hydrogen (secondary N) is 1. The second-order valence-corrected chi connectivity index (χ2v) is 6.52. The summed E-state index contributed by atoms with van der Waals surface area (Å²) >= 11 is 5.96. The summed E-state index contributed by atoms with van der Waals surface area (Å²) < 4.78 is 13.1. The van der Waals surface area contributed by atoms with E-state index in [1.54, 1.807) is 30.3 Å². The van der Waals surface area contributed by atoms with E-state index in [1.165, 1.54) is 12.1 Å². The van der Waals surface area contributed by atoms with E-state index in [0.29, 0.717) is 16.3 Å². The molecular weight excluding hydrogens is 341 g/mol. The van der Waals surface area contributed by atoms with E-state index in [-0.39, 0.29) is 30.2 Å². The van der Waals surface area contributed by atoms with Crippen LogP contribution in [0.25, 0.3) is 0 Å². The van der Waals surface area contributed by atoms with Gasteiger partial charge in [-0.2, -0.15) is 5.26 Å². The van der Waals surface area contributed by atoms with E-state index in [1.807, 2.05) is 11.4 Å². The van der Waals surface area contributed by atoms with Gasteiger partial charge >= 0.3 is 0 Å². The van der Waals surface area contributed by atoms with E-state index in [2.05, 4.69) is 19.2 Å². The van der Waals surface area contributed by atoms with Crippen LogP contribution in [0.4, 0.5) is 10.1 Å². The second kappa shape index (κ2) is 8.61. The van der Waals surface area contributed by atoms with E-state index < -0.39 is 0 Å². The van der Waals surface area contributed by atoms with Crippen LogP contribution in [-0.4, -0.2) is 12.5 Å². The second-order valence-electron chi connectivity index (χ2n) is 6.12. The Balaban J connectivity index is 1.98. The molecule has 0 saturated carbocycles. The van der Waals surface area contributed by atoms with Gasteiger partial charge in [0.1, 0.15) is 17.9 Å². The number of nitriles is 1. The average molecular weight is 361 g/mol. The third-order valence-electron chi connectivity index (χ3n) is 3.90. The Bertz CT molecular complexity index is 784. The molecule has 0 fully saturated rings. The first-order valence-electron chi connectivity index (χ1n) is 7.99. The molecule has 4 nitrogen and oxygen atoms in total. The van der Waals surface area contributed by atoms with Gasteiger partial charge < -0.3 is 10.6 Å². The largest absolute Gasteiger partial charge is 0.332 e. The van der Waals surface area contributed by atoms with Crippen LogP contribution >= 0.6 is 11.6 Å². The smallest absolute Gasteiger partial charge is 0.279 e. The predicted octanol–water partition coefficient (Wildman–Crippen LogP) is 3.25. The molecular formula is C19H20ClFN3O+. The first-order chi connectivity index (χ1) is 11.9. The quantitative estimate of drug-likeness (QED) is 0.830. The molecule has 0 heterocycles. The lowest BCUT2D eigenvalue weighted by molar-refractivity contribution is -0.692. The van der Waals surface area contributed by atoms with Gasteiger partial charge in [0.2, 0.25) is 0 Å². The predicted molar refractivity (Wildman–Crippen MR) is 95.6 cm³/mol. The molecule has 0 saturated heterocycles. The molecule has 0 aliphatic rings. The van der Waals surface area contributed by atoms with Crippen molar-refractivity contribution in [2.75, 3.05) is 11.9 Å². The van der Waals surface area contributed by atoms with E-state index in [4.69, 9.17) is 16.9 Å². The van der Waals surface area contributed by atoms with Gasteiger partial charge in [-0.25, -0.2) is 4.39 Å². The number of carbonyl (C=O) groups excluding carboxylic acids is 1. The van der Waals surface area contributed by atoms with Crippen molar-refractivity contribution in [3.05, 3.63) is 64.4 Å². The van der Waals surface area contributed by atoms with Crippen LogP contribution in [0.15, 0.2) is 42.5 Å². The Morgan fingerprint density at radius 3 is 2.52 bits per heavy atom. The van der Waals surface area contributed by atoms with Crippen LogP contribution < -0.4 is 10.6 Å². The van der Waals surface area contributed by atoms with Crippen LogP contribution in [0.3, 0.4) is 0 Å². The number of halogens is 2. The normalized spacial score (nSPS) is 11.8. The van der Waals surface area contributed by atoms with E-state index >= 15 is 0 Å². The summed E-state index contributed by atoms with van der Waals surface area (Å²) in [5, 5.41) is 13.9. The molecule has 1 atom stereocenters. The van der Waals surface area contributed by atoms with Crippen molar-refractivity contribution in [3.8, 4) is 6.07 Å². The monoisotopic (exact) mass is 360 g/mol. The van der Waals surface area contributed by atoms with Crippen molar-refractivity contribution in [2.24, 2.45) is 5.92 Å². The lowest BCUT2D eigenvalue weighted by atomic mass is 9.96. The minimum absolute atomic E-state index is 0.0518. The molecule has 0 aliphatic heterocycles. The summed E-state index contributed by atoms with van der Waals surface area (Å²) in [6, 6.07) is 13.1. The number of hydrogen-bond donors (Lipinski definition) is 2. The standard InChI is InChI=1S/C19H19ClFN3O/c1-12(2)19(13-3-6-15(21)7-4-13)23-11-18(25)24-16-8-5-14(10-22)17(20)9-16/h3-9,12,19,23H,11H2,1-2H3,(H,24,25)/p+1/t19-/m1/s1. The van der Waals surface area contributed by atoms with Gasteiger partial charge in [-0.1, -0.05) is 37.6 Å². The first kappa shape index (κ1) is 18.9. The maximum atomic E-state index is 13.1. The van der Waals surface area contributed by atoms with Crippen molar-refractivity contribution in [1.82, 2.24) is 0 Å². The van der Waals surface area contributed by atoms with Crippen molar-refractivity contribution in [2.45, 2.75) is 19.9 Å². The number of carbonyl (C=O) groups is 1. The molecule has 130 valence electrons. The molecule has 2 aromatic carbocycles. The molecule has 0 bridgehead atoms. The summed E-state index contributed by atoms with van der Waals surface area (Å²) in [4.78, 5) is 12.2. The maximum absolute atomic E-state index is 13.1. The fourth-order valence-corrected chi connectivity index (χ4v) is 2.83.